The molecule has 0 spiro atoms. The summed E-state index contributed by atoms with van der Waals surface area (Å²) in [6.07, 6.45) is 5.36. The van der Waals surface area contributed by atoms with Gasteiger partial charge in [-0.3, -0.25) is 0 Å². The lowest BCUT2D eigenvalue weighted by molar-refractivity contribution is -0.595. The van der Waals surface area contributed by atoms with Gasteiger partial charge in [-0.1, -0.05) is 24.3 Å². The first-order chi connectivity index (χ1) is 8.38. The maximum Gasteiger partial charge on any atom is 0.210 e. The number of hydrogen-bond donors (Lipinski definition) is 0. The van der Waals surface area contributed by atoms with Crippen molar-refractivity contribution < 1.29 is 4.57 Å². The average molecular weight is 222 g/mol. The Labute approximate surface area is 99.6 Å². The van der Waals surface area contributed by atoms with E-state index in [1.807, 2.05) is 48.8 Å². The van der Waals surface area contributed by atoms with Crippen molar-refractivity contribution in [3.63, 3.8) is 0 Å². The molecule has 0 saturated heterocycles. The Hall–Kier alpha value is -2.76. The van der Waals surface area contributed by atoms with Crippen LogP contribution in [0.4, 0.5) is 0 Å². The summed E-state index contributed by atoms with van der Waals surface area (Å²) >= 11 is 0. The maximum atomic E-state index is 7.43. The average Bonchev–Trinajstić information content (AvgIpc) is 2.42. The van der Waals surface area contributed by atoms with Crippen molar-refractivity contribution >= 4 is 6.01 Å². The highest BCUT2D eigenvalue weighted by molar-refractivity contribution is 5.46. The van der Waals surface area contributed by atoms with Crippen LogP contribution in [0.5, 0.6) is 0 Å². The Morgan fingerprint density at radius 1 is 1.00 bits per heavy atom. The van der Waals surface area contributed by atoms with Crippen molar-refractivity contribution in [3.8, 4) is 11.9 Å². The van der Waals surface area contributed by atoms with Crippen LogP contribution in [0.15, 0.2) is 65.9 Å². The van der Waals surface area contributed by atoms with E-state index < -0.39 is 0 Å². The van der Waals surface area contributed by atoms with Crippen LogP contribution in [0.3, 0.4) is 0 Å². The van der Waals surface area contributed by atoms with Gasteiger partial charge in [0.05, 0.1) is 6.19 Å². The molecule has 0 unspecified atom stereocenters. The van der Waals surface area contributed by atoms with Crippen molar-refractivity contribution in [2.24, 2.45) is 4.99 Å². The lowest BCUT2D eigenvalue weighted by Gasteiger charge is -1.92. The van der Waals surface area contributed by atoms with E-state index in [1.165, 1.54) is 17.9 Å². The molecule has 4 nitrogen and oxygen atoms in total. The van der Waals surface area contributed by atoms with Crippen molar-refractivity contribution in [1.82, 2.24) is 0 Å². The molecular formula is C13H10N4. The highest BCUT2D eigenvalue weighted by Gasteiger charge is 1.99. The van der Waals surface area contributed by atoms with Gasteiger partial charge in [-0.25, -0.2) is 0 Å². The molecule has 1 aromatic carbocycles. The normalized spacial score (nSPS) is 7.94. The van der Waals surface area contributed by atoms with Crippen LogP contribution >= 0.6 is 0 Å². The zero-order valence-corrected chi connectivity index (χ0v) is 9.06. The van der Waals surface area contributed by atoms with E-state index in [2.05, 4.69) is 21.7 Å². The minimum Gasteiger partial charge on any atom is -0.422 e. The summed E-state index contributed by atoms with van der Waals surface area (Å²) in [6.45, 7) is 0. The Kier molecular flexibility index (Phi) is 5.45. The minimum absolute atomic E-state index is 1.19. The van der Waals surface area contributed by atoms with Gasteiger partial charge in [-0.05, 0) is 0 Å². The minimum atomic E-state index is 1.19. The largest absolute Gasteiger partial charge is 0.422 e. The summed E-state index contributed by atoms with van der Waals surface area (Å²) in [5.41, 5.74) is 1.19. The maximum absolute atomic E-state index is 7.43. The molecule has 0 saturated carbocycles. The lowest BCUT2D eigenvalue weighted by Crippen LogP contribution is -2.28. The molecule has 0 aliphatic rings. The molecule has 0 bridgehead atoms. The first kappa shape index (κ1) is 12.3. The molecule has 82 valence electrons. The number of nitriles is 1. The molecule has 0 amide bonds. The van der Waals surface area contributed by atoms with E-state index in [0.29, 0.717) is 0 Å². The smallest absolute Gasteiger partial charge is 0.210 e. The molecule has 17 heavy (non-hydrogen) atoms. The highest BCUT2D eigenvalue weighted by atomic mass is 14.9. The Morgan fingerprint density at radius 3 is 2.06 bits per heavy atom. The van der Waals surface area contributed by atoms with Crippen molar-refractivity contribution in [2.45, 2.75) is 0 Å². The number of para-hydroxylation sites is 1. The summed E-state index contributed by atoms with van der Waals surface area (Å²) in [5.74, 6) is 0. The van der Waals surface area contributed by atoms with E-state index in [-0.39, 0.29) is 0 Å². The van der Waals surface area contributed by atoms with Gasteiger partial charge in [0.2, 0.25) is 5.69 Å². The quantitative estimate of drug-likeness (QED) is 0.414. The van der Waals surface area contributed by atoms with Gasteiger partial charge in [0.15, 0.2) is 12.4 Å². The van der Waals surface area contributed by atoms with Gasteiger partial charge in [-0.2, -0.15) is 9.83 Å². The molecule has 0 aliphatic carbocycles. The second-order valence-electron chi connectivity index (χ2n) is 2.93. The van der Waals surface area contributed by atoms with Crippen molar-refractivity contribution in [3.05, 3.63) is 66.3 Å². The zero-order valence-electron chi connectivity index (χ0n) is 9.06. The standard InChI is InChI=1S/C11H10N.C2N3/c1-3-7-11(8-4-1)12-9-5-2-6-10-12;3-1-5-2-4/h1-10H;/q+1;-1. The van der Waals surface area contributed by atoms with Crippen LogP contribution in [-0.4, -0.2) is 6.01 Å². The molecule has 4 heteroatoms. The number of aliphatic imine (C=N–C) groups is 1. The van der Waals surface area contributed by atoms with Gasteiger partial charge < -0.3 is 10.4 Å². The predicted molar refractivity (Wildman–Crippen MR) is 64.4 cm³/mol. The Morgan fingerprint density at radius 2 is 1.59 bits per heavy atom. The van der Waals surface area contributed by atoms with Crippen LogP contribution in [0.1, 0.15) is 0 Å². The third-order valence-corrected chi connectivity index (χ3v) is 1.87. The third-order valence-electron chi connectivity index (χ3n) is 1.87. The number of hydrogen-bond acceptors (Lipinski definition) is 2. The van der Waals surface area contributed by atoms with E-state index in [0.717, 1.165) is 0 Å². The summed E-state index contributed by atoms with van der Waals surface area (Å²) in [4.78, 5) is 2.58. The summed E-state index contributed by atoms with van der Waals surface area (Å²) in [7, 11) is 0. The summed E-state index contributed by atoms with van der Waals surface area (Å²) in [6, 6.07) is 17.6. The second kappa shape index (κ2) is 7.52. The van der Waals surface area contributed by atoms with Crippen molar-refractivity contribution in [2.75, 3.05) is 0 Å². The zero-order chi connectivity index (χ0) is 12.3. The molecule has 0 radical (unpaired) electrons. The topological polar surface area (TPSA) is 62.3 Å². The number of rotatable bonds is 1. The number of pyridine rings is 1. The monoisotopic (exact) mass is 222 g/mol. The van der Waals surface area contributed by atoms with E-state index in [1.54, 1.807) is 0 Å². The molecule has 2 aromatic rings. The molecule has 2 rings (SSSR count). The van der Waals surface area contributed by atoms with E-state index in [4.69, 9.17) is 10.7 Å². The number of aromatic nitrogens is 1. The molecule has 1 heterocycles. The fraction of sp³-hybridized carbons (Fsp3) is 0. The van der Waals surface area contributed by atoms with Gasteiger partial charge in [0.1, 0.15) is 0 Å². The van der Waals surface area contributed by atoms with Gasteiger partial charge in [0, 0.05) is 24.3 Å². The first-order valence-corrected chi connectivity index (χ1v) is 4.88. The fourth-order valence-corrected chi connectivity index (χ4v) is 1.19. The highest BCUT2D eigenvalue weighted by Crippen LogP contribution is 1.96. The van der Waals surface area contributed by atoms with Gasteiger partial charge in [0.25, 0.3) is 0 Å². The van der Waals surface area contributed by atoms with Crippen LogP contribution in [-0.2, 0) is 0 Å². The van der Waals surface area contributed by atoms with Gasteiger partial charge >= 0.3 is 0 Å². The van der Waals surface area contributed by atoms with Crippen LogP contribution in [0.2, 0.25) is 0 Å². The Balaban J connectivity index is 0.000000249. The van der Waals surface area contributed by atoms with E-state index >= 15 is 0 Å². The van der Waals surface area contributed by atoms with Gasteiger partial charge in [-0.15, -0.1) is 6.01 Å². The lowest BCUT2D eigenvalue weighted by atomic mass is 10.3. The van der Waals surface area contributed by atoms with E-state index in [9.17, 15) is 0 Å². The molecule has 0 fully saturated rings. The third kappa shape index (κ3) is 4.52. The molecular weight excluding hydrogens is 212 g/mol. The Bertz CT molecular complexity index is 485. The molecule has 0 atom stereocenters. The summed E-state index contributed by atoms with van der Waals surface area (Å²) < 4.78 is 2.08. The molecule has 0 aliphatic heterocycles. The first-order valence-electron chi connectivity index (χ1n) is 4.88. The second-order valence-corrected chi connectivity index (χ2v) is 2.93. The van der Waals surface area contributed by atoms with Crippen LogP contribution < -0.4 is 4.57 Å². The predicted octanol–water partition coefficient (Wildman–Crippen LogP) is 2.17. The van der Waals surface area contributed by atoms with Crippen LogP contribution in [0, 0.1) is 11.5 Å². The van der Waals surface area contributed by atoms with Crippen LogP contribution in [0.25, 0.3) is 11.1 Å². The fourth-order valence-electron chi connectivity index (χ4n) is 1.19. The molecule has 0 N–H and O–H groups in total. The molecule has 1 aromatic heterocycles. The van der Waals surface area contributed by atoms with Crippen molar-refractivity contribution in [1.29, 1.82) is 5.26 Å². The number of benzene rings is 1. The number of nitrogens with zero attached hydrogens (tertiary/aromatic N) is 4. The summed E-state index contributed by atoms with van der Waals surface area (Å²) in [5, 5.41) is 14.9. The SMILES string of the molecule is N#CN=C=[N-].c1ccc(-[n+]2ccccc2)cc1.